The van der Waals surface area contributed by atoms with Crippen LogP contribution in [0.15, 0.2) is 29.4 Å². The average molecular weight is 233 g/mol. The summed E-state index contributed by atoms with van der Waals surface area (Å²) >= 11 is 0. The lowest BCUT2D eigenvalue weighted by Crippen LogP contribution is -2.29. The Kier molecular flexibility index (Phi) is 3.52. The Morgan fingerprint density at radius 3 is 2.76 bits per heavy atom. The van der Waals surface area contributed by atoms with Crippen molar-refractivity contribution in [2.75, 3.05) is 11.9 Å². The van der Waals surface area contributed by atoms with Gasteiger partial charge in [-0.3, -0.25) is 0 Å². The van der Waals surface area contributed by atoms with Gasteiger partial charge in [0.05, 0.1) is 0 Å². The number of hydrogen-bond donors (Lipinski definition) is 2. The number of oxime groups is 1. The van der Waals surface area contributed by atoms with E-state index in [0.717, 1.165) is 11.3 Å². The molecule has 0 aliphatic heterocycles. The zero-order valence-electron chi connectivity index (χ0n) is 10.1. The van der Waals surface area contributed by atoms with Gasteiger partial charge in [-0.25, -0.2) is 0 Å². The van der Waals surface area contributed by atoms with Gasteiger partial charge in [0.2, 0.25) is 0 Å². The lowest BCUT2D eigenvalue weighted by atomic mass is 10.1. The van der Waals surface area contributed by atoms with E-state index in [-0.39, 0.29) is 5.84 Å². The van der Waals surface area contributed by atoms with Gasteiger partial charge in [0.15, 0.2) is 5.84 Å². The molecule has 1 fully saturated rings. The van der Waals surface area contributed by atoms with Crippen molar-refractivity contribution in [3.05, 3.63) is 29.8 Å². The van der Waals surface area contributed by atoms with Gasteiger partial charge in [-0.05, 0) is 25.0 Å². The first-order chi connectivity index (χ1) is 8.22. The Hall–Kier alpha value is -1.71. The van der Waals surface area contributed by atoms with E-state index in [4.69, 9.17) is 10.9 Å². The number of hydrogen-bond acceptors (Lipinski definition) is 3. The van der Waals surface area contributed by atoms with Crippen LogP contribution in [0.4, 0.5) is 5.69 Å². The van der Waals surface area contributed by atoms with E-state index >= 15 is 0 Å². The fourth-order valence-electron chi connectivity index (χ4n) is 2.44. The van der Waals surface area contributed by atoms with E-state index in [9.17, 15) is 0 Å². The summed E-state index contributed by atoms with van der Waals surface area (Å²) in [5.74, 6) is 0.159. The van der Waals surface area contributed by atoms with Crippen molar-refractivity contribution in [3.8, 4) is 0 Å². The molecule has 17 heavy (non-hydrogen) atoms. The Bertz CT molecular complexity index is 411. The average Bonchev–Trinajstić information content (AvgIpc) is 2.91. The molecule has 0 amide bonds. The minimum atomic E-state index is 0.159. The van der Waals surface area contributed by atoms with Crippen LogP contribution in [-0.2, 0) is 0 Å². The van der Waals surface area contributed by atoms with Crippen molar-refractivity contribution in [2.45, 2.75) is 31.7 Å². The van der Waals surface area contributed by atoms with E-state index < -0.39 is 0 Å². The van der Waals surface area contributed by atoms with Gasteiger partial charge in [0, 0.05) is 24.3 Å². The zero-order chi connectivity index (χ0) is 12.3. The van der Waals surface area contributed by atoms with E-state index in [1.165, 1.54) is 25.7 Å². The minimum Gasteiger partial charge on any atom is -0.409 e. The maximum absolute atomic E-state index is 8.68. The quantitative estimate of drug-likeness (QED) is 0.364. The maximum Gasteiger partial charge on any atom is 0.170 e. The molecular weight excluding hydrogens is 214 g/mol. The molecule has 92 valence electrons. The molecule has 0 heterocycles. The van der Waals surface area contributed by atoms with Crippen LogP contribution < -0.4 is 10.6 Å². The van der Waals surface area contributed by atoms with Gasteiger partial charge < -0.3 is 15.8 Å². The second-order valence-electron chi connectivity index (χ2n) is 4.58. The van der Waals surface area contributed by atoms with Gasteiger partial charge in [0.25, 0.3) is 0 Å². The van der Waals surface area contributed by atoms with Gasteiger partial charge >= 0.3 is 0 Å². The maximum atomic E-state index is 8.68. The molecule has 2 rings (SSSR count). The Morgan fingerprint density at radius 1 is 1.41 bits per heavy atom. The number of amidine groups is 1. The third-order valence-electron chi connectivity index (χ3n) is 3.53. The van der Waals surface area contributed by atoms with Crippen LogP contribution in [0, 0.1) is 0 Å². The summed E-state index contributed by atoms with van der Waals surface area (Å²) < 4.78 is 0. The summed E-state index contributed by atoms with van der Waals surface area (Å²) in [6, 6.07) is 8.44. The van der Waals surface area contributed by atoms with Crippen molar-refractivity contribution >= 4 is 11.5 Å². The van der Waals surface area contributed by atoms with Crippen molar-refractivity contribution in [3.63, 3.8) is 0 Å². The molecule has 4 nitrogen and oxygen atoms in total. The smallest absolute Gasteiger partial charge is 0.170 e. The molecule has 1 saturated carbocycles. The highest BCUT2D eigenvalue weighted by molar-refractivity contribution is 5.97. The predicted molar refractivity (Wildman–Crippen MR) is 69.6 cm³/mol. The SMILES string of the molecule is CN(c1cccc(C(N)=NO)c1)C1CCCC1. The summed E-state index contributed by atoms with van der Waals surface area (Å²) in [7, 11) is 2.11. The largest absolute Gasteiger partial charge is 0.409 e. The zero-order valence-corrected chi connectivity index (χ0v) is 10.1. The van der Waals surface area contributed by atoms with Gasteiger partial charge in [0.1, 0.15) is 0 Å². The number of nitrogens with two attached hydrogens (primary N) is 1. The molecule has 0 saturated heterocycles. The molecule has 0 aromatic heterocycles. The van der Waals surface area contributed by atoms with Crippen LogP contribution in [0.25, 0.3) is 0 Å². The molecule has 1 aromatic rings. The monoisotopic (exact) mass is 233 g/mol. The summed E-state index contributed by atoms with van der Waals surface area (Å²) in [5.41, 5.74) is 7.48. The summed E-state index contributed by atoms with van der Waals surface area (Å²) in [4.78, 5) is 2.29. The summed E-state index contributed by atoms with van der Waals surface area (Å²) in [5, 5.41) is 11.7. The van der Waals surface area contributed by atoms with Gasteiger partial charge in [-0.2, -0.15) is 0 Å². The molecule has 1 aromatic carbocycles. The molecule has 0 unspecified atom stereocenters. The van der Waals surface area contributed by atoms with Gasteiger partial charge in [-0.15, -0.1) is 0 Å². The van der Waals surface area contributed by atoms with Crippen molar-refractivity contribution in [1.82, 2.24) is 0 Å². The van der Waals surface area contributed by atoms with Crippen molar-refractivity contribution in [1.29, 1.82) is 0 Å². The highest BCUT2D eigenvalue weighted by Crippen LogP contribution is 2.27. The summed E-state index contributed by atoms with van der Waals surface area (Å²) in [6.45, 7) is 0. The van der Waals surface area contributed by atoms with Crippen LogP contribution >= 0.6 is 0 Å². The fraction of sp³-hybridized carbons (Fsp3) is 0.462. The summed E-state index contributed by atoms with van der Waals surface area (Å²) in [6.07, 6.45) is 5.14. The van der Waals surface area contributed by atoms with Gasteiger partial charge in [-0.1, -0.05) is 30.1 Å². The topological polar surface area (TPSA) is 61.8 Å². The minimum absolute atomic E-state index is 0.159. The van der Waals surface area contributed by atoms with Crippen LogP contribution in [-0.4, -0.2) is 24.1 Å². The molecule has 0 atom stereocenters. The second-order valence-corrected chi connectivity index (χ2v) is 4.58. The normalized spacial score (nSPS) is 17.4. The first-order valence-corrected chi connectivity index (χ1v) is 6.03. The molecule has 0 spiro atoms. The molecule has 1 aliphatic carbocycles. The lowest BCUT2D eigenvalue weighted by molar-refractivity contribution is 0.318. The number of anilines is 1. The van der Waals surface area contributed by atoms with Crippen LogP contribution in [0.2, 0.25) is 0 Å². The van der Waals surface area contributed by atoms with Crippen LogP contribution in [0.1, 0.15) is 31.2 Å². The molecule has 4 heteroatoms. The number of rotatable bonds is 3. The molecular formula is C13H19N3O. The van der Waals surface area contributed by atoms with Crippen LogP contribution in [0.3, 0.4) is 0 Å². The third kappa shape index (κ3) is 2.52. The standard InChI is InChI=1S/C13H19N3O/c1-16(11-6-2-3-7-11)12-8-4-5-10(9-12)13(14)15-17/h4-5,8-9,11,17H,2-3,6-7H2,1H3,(H2,14,15). The van der Waals surface area contributed by atoms with E-state index in [1.807, 2.05) is 18.2 Å². The molecule has 0 bridgehead atoms. The molecule has 1 aliphatic rings. The highest BCUT2D eigenvalue weighted by Gasteiger charge is 2.19. The predicted octanol–water partition coefficient (Wildman–Crippen LogP) is 2.16. The van der Waals surface area contributed by atoms with Crippen molar-refractivity contribution < 1.29 is 5.21 Å². The first kappa shape index (κ1) is 11.8. The fourth-order valence-corrected chi connectivity index (χ4v) is 2.44. The second kappa shape index (κ2) is 5.08. The Labute approximate surface area is 102 Å². The Balaban J connectivity index is 2.20. The van der Waals surface area contributed by atoms with Crippen LogP contribution in [0.5, 0.6) is 0 Å². The molecule has 3 N–H and O–H groups in total. The van der Waals surface area contributed by atoms with E-state index in [2.05, 4.69) is 23.2 Å². The lowest BCUT2D eigenvalue weighted by Gasteiger charge is -2.26. The van der Waals surface area contributed by atoms with E-state index in [0.29, 0.717) is 6.04 Å². The van der Waals surface area contributed by atoms with E-state index in [1.54, 1.807) is 0 Å². The first-order valence-electron chi connectivity index (χ1n) is 6.03. The highest BCUT2D eigenvalue weighted by atomic mass is 16.4. The molecule has 0 radical (unpaired) electrons. The Morgan fingerprint density at radius 2 is 2.12 bits per heavy atom. The third-order valence-corrected chi connectivity index (χ3v) is 3.53. The number of nitrogens with zero attached hydrogens (tertiary/aromatic N) is 2. The van der Waals surface area contributed by atoms with Crippen molar-refractivity contribution in [2.24, 2.45) is 10.9 Å². The number of benzene rings is 1.